The number of quaternary nitrogens is 1. The van der Waals surface area contributed by atoms with Gasteiger partial charge in [-0.3, -0.25) is 0 Å². The van der Waals surface area contributed by atoms with Crippen molar-refractivity contribution in [2.45, 2.75) is 32.7 Å². The first kappa shape index (κ1) is 11.2. The first-order valence-corrected chi connectivity index (χ1v) is 5.37. The van der Waals surface area contributed by atoms with Crippen LogP contribution in [0.25, 0.3) is 0 Å². The molecule has 1 rings (SSSR count). The molecule has 1 aromatic rings. The van der Waals surface area contributed by atoms with Crippen molar-refractivity contribution in [2.75, 3.05) is 6.54 Å². The molecule has 0 spiro atoms. The Morgan fingerprint density at radius 1 is 1.14 bits per heavy atom. The topological polar surface area (TPSA) is 4.44 Å². The Bertz CT molecular complexity index is 235. The Kier molecular flexibility index (Phi) is 5.23. The van der Waals surface area contributed by atoms with E-state index in [-0.39, 0.29) is 5.12 Å². The second-order valence-corrected chi connectivity index (χ2v) is 3.64. The summed E-state index contributed by atoms with van der Waals surface area (Å²) in [4.78, 5) is 0. The molecule has 1 unspecified atom stereocenters. The molecule has 1 atom stereocenters. The van der Waals surface area contributed by atoms with E-state index in [4.69, 9.17) is 0 Å². The van der Waals surface area contributed by atoms with E-state index >= 15 is 0 Å². The number of halogens is 1. The largest absolute Gasteiger partial charge is 0.138 e. The molecular weight excluding hydrogens is 177 g/mol. The van der Waals surface area contributed by atoms with E-state index in [0.29, 0.717) is 13.1 Å². The van der Waals surface area contributed by atoms with Gasteiger partial charge >= 0.3 is 0 Å². The minimum atomic E-state index is 0.115. The van der Waals surface area contributed by atoms with Crippen LogP contribution in [0.2, 0.25) is 0 Å². The minimum absolute atomic E-state index is 0.115. The summed E-state index contributed by atoms with van der Waals surface area (Å²) >= 11 is 0. The summed E-state index contributed by atoms with van der Waals surface area (Å²) in [7, 11) is 0. The smallest absolute Gasteiger partial charge is 0.136 e. The van der Waals surface area contributed by atoms with E-state index in [1.54, 1.807) is 0 Å². The lowest BCUT2D eigenvalue weighted by Gasteiger charge is -2.06. The van der Waals surface area contributed by atoms with Crippen LogP contribution < -0.4 is 5.12 Å². The van der Waals surface area contributed by atoms with Crippen LogP contribution in [0.15, 0.2) is 30.3 Å². The zero-order valence-corrected chi connectivity index (χ0v) is 8.80. The Morgan fingerprint density at radius 3 is 2.50 bits per heavy atom. The molecule has 0 aliphatic carbocycles. The van der Waals surface area contributed by atoms with E-state index in [2.05, 4.69) is 6.92 Å². The molecule has 0 fully saturated rings. The molecule has 2 heteroatoms. The molecule has 0 aliphatic heterocycles. The lowest BCUT2D eigenvalue weighted by Crippen LogP contribution is -3.03. The van der Waals surface area contributed by atoms with Gasteiger partial charge in [0.1, 0.15) is 13.1 Å². The average Bonchev–Trinajstić information content (AvgIpc) is 2.20. The first-order chi connectivity index (χ1) is 6.83. The van der Waals surface area contributed by atoms with Crippen LogP contribution in [0.1, 0.15) is 31.7 Å². The maximum absolute atomic E-state index is 13.3. The molecule has 0 bridgehead atoms. The predicted molar refractivity (Wildman–Crippen MR) is 56.6 cm³/mol. The van der Waals surface area contributed by atoms with Crippen molar-refractivity contribution in [3.05, 3.63) is 35.9 Å². The third-order valence-corrected chi connectivity index (χ3v) is 2.29. The fourth-order valence-corrected chi connectivity index (χ4v) is 1.47. The van der Waals surface area contributed by atoms with E-state index in [1.165, 1.54) is 0 Å². The molecule has 1 aromatic carbocycles. The molecule has 0 heterocycles. The van der Waals surface area contributed by atoms with Crippen molar-refractivity contribution in [1.29, 1.82) is 0 Å². The molecule has 0 saturated heterocycles. The second kappa shape index (κ2) is 6.55. The summed E-state index contributed by atoms with van der Waals surface area (Å²) < 4.78 is 13.3. The summed E-state index contributed by atoms with van der Waals surface area (Å²) in [6, 6.07) is 9.81. The Labute approximate surface area is 85.5 Å². The number of hydrogen-bond donors (Lipinski definition) is 1. The third-order valence-electron chi connectivity index (χ3n) is 2.29. The van der Waals surface area contributed by atoms with Crippen LogP contribution in [0, 0.1) is 0 Å². The number of benzene rings is 1. The summed E-state index contributed by atoms with van der Waals surface area (Å²) in [5.41, 5.74) is 1.07. The van der Waals surface area contributed by atoms with E-state index in [1.807, 2.05) is 30.3 Å². The van der Waals surface area contributed by atoms with Crippen molar-refractivity contribution in [2.24, 2.45) is 0 Å². The monoisotopic (exact) mass is 196 g/mol. The van der Waals surface area contributed by atoms with Crippen molar-refractivity contribution in [3.8, 4) is 0 Å². The molecule has 78 valence electrons. The molecule has 14 heavy (non-hydrogen) atoms. The minimum Gasteiger partial charge on any atom is -0.136 e. The van der Waals surface area contributed by atoms with Gasteiger partial charge in [0.05, 0.1) is 0 Å². The van der Waals surface area contributed by atoms with Crippen LogP contribution in [-0.2, 0) is 6.54 Å². The fourth-order valence-electron chi connectivity index (χ4n) is 1.47. The lowest BCUT2D eigenvalue weighted by atomic mass is 10.2. The van der Waals surface area contributed by atoms with E-state index in [9.17, 15) is 4.48 Å². The maximum Gasteiger partial charge on any atom is 0.138 e. The standard InChI is InChI=1S/C12H18FN/c1-2-3-7-10-14(13)11-12-8-5-4-6-9-12/h4-6,8-9H,2-3,7,10-11H2,1H3/p+1. The lowest BCUT2D eigenvalue weighted by molar-refractivity contribution is -1.05. The summed E-state index contributed by atoms with van der Waals surface area (Å²) in [6.45, 7) is 3.25. The van der Waals surface area contributed by atoms with E-state index < -0.39 is 0 Å². The summed E-state index contributed by atoms with van der Waals surface area (Å²) in [5.74, 6) is 0. The van der Waals surface area contributed by atoms with Gasteiger partial charge in [0, 0.05) is 5.56 Å². The van der Waals surface area contributed by atoms with Crippen LogP contribution in [0.5, 0.6) is 0 Å². The van der Waals surface area contributed by atoms with Crippen molar-refractivity contribution < 1.29 is 9.60 Å². The van der Waals surface area contributed by atoms with Crippen LogP contribution in [0.4, 0.5) is 4.48 Å². The van der Waals surface area contributed by atoms with Gasteiger partial charge in [0.15, 0.2) is 0 Å². The quantitative estimate of drug-likeness (QED) is 0.525. The first-order valence-electron chi connectivity index (χ1n) is 5.37. The Morgan fingerprint density at radius 2 is 1.86 bits per heavy atom. The van der Waals surface area contributed by atoms with Crippen molar-refractivity contribution in [1.82, 2.24) is 0 Å². The molecule has 0 saturated carbocycles. The second-order valence-electron chi connectivity index (χ2n) is 3.64. The van der Waals surface area contributed by atoms with Gasteiger partial charge in [-0.2, -0.15) is 0 Å². The van der Waals surface area contributed by atoms with Crippen LogP contribution >= 0.6 is 0 Å². The van der Waals surface area contributed by atoms with Crippen LogP contribution in [0.3, 0.4) is 0 Å². The van der Waals surface area contributed by atoms with Crippen LogP contribution in [-0.4, -0.2) is 6.54 Å². The fraction of sp³-hybridized carbons (Fsp3) is 0.500. The highest BCUT2D eigenvalue weighted by Crippen LogP contribution is 1.96. The van der Waals surface area contributed by atoms with Gasteiger partial charge in [0.2, 0.25) is 0 Å². The molecule has 1 nitrogen and oxygen atoms in total. The average molecular weight is 196 g/mol. The summed E-state index contributed by atoms with van der Waals surface area (Å²) in [5, 5.41) is 0.115. The predicted octanol–water partition coefficient (Wildman–Crippen LogP) is 2.15. The molecule has 0 radical (unpaired) electrons. The van der Waals surface area contributed by atoms with Crippen molar-refractivity contribution >= 4 is 0 Å². The van der Waals surface area contributed by atoms with Gasteiger partial charge in [-0.15, -0.1) is 5.12 Å². The number of hydrogen-bond acceptors (Lipinski definition) is 0. The highest BCUT2D eigenvalue weighted by Gasteiger charge is 2.07. The molecule has 0 aromatic heterocycles. The SMILES string of the molecule is CCCCC[NH+](F)Cc1ccccc1. The third kappa shape index (κ3) is 4.38. The Hall–Kier alpha value is -0.890. The van der Waals surface area contributed by atoms with E-state index in [0.717, 1.165) is 24.8 Å². The maximum atomic E-state index is 13.3. The highest BCUT2D eigenvalue weighted by molar-refractivity contribution is 5.12. The van der Waals surface area contributed by atoms with Gasteiger partial charge < -0.3 is 0 Å². The molecule has 0 aliphatic rings. The number of rotatable bonds is 6. The zero-order chi connectivity index (χ0) is 10.2. The van der Waals surface area contributed by atoms with Gasteiger partial charge in [0.25, 0.3) is 0 Å². The number of unbranched alkanes of at least 4 members (excludes halogenated alkanes) is 2. The zero-order valence-electron chi connectivity index (χ0n) is 8.80. The molecule has 0 amide bonds. The van der Waals surface area contributed by atoms with Gasteiger partial charge in [-0.25, -0.2) is 0 Å². The van der Waals surface area contributed by atoms with Gasteiger partial charge in [-0.05, 0) is 17.3 Å². The Balaban J connectivity index is 2.23. The van der Waals surface area contributed by atoms with Crippen molar-refractivity contribution in [3.63, 3.8) is 0 Å². The number of nitrogens with one attached hydrogen (secondary N) is 1. The van der Waals surface area contributed by atoms with Gasteiger partial charge in [-0.1, -0.05) is 43.7 Å². The normalized spacial score (nSPS) is 12.7. The molecule has 1 N–H and O–H groups in total. The summed E-state index contributed by atoms with van der Waals surface area (Å²) in [6.07, 6.45) is 3.26. The highest BCUT2D eigenvalue weighted by atomic mass is 19.2. The molecular formula is C12H19FN+.